The van der Waals surface area contributed by atoms with Crippen molar-refractivity contribution in [2.75, 3.05) is 13.4 Å². The molecule has 4 aromatic rings. The quantitative estimate of drug-likeness (QED) is 0.0395. The molecule has 12 heteroatoms. The van der Waals surface area contributed by atoms with Gasteiger partial charge < -0.3 is 23.7 Å². The number of esters is 2. The number of rotatable bonds is 14. The predicted octanol–water partition coefficient (Wildman–Crippen LogP) is 9.99. The predicted molar refractivity (Wildman–Crippen MR) is 227 cm³/mol. The topological polar surface area (TPSA) is 128 Å². The Morgan fingerprint density at radius 2 is 1.39 bits per heavy atom. The Morgan fingerprint density at radius 3 is 1.98 bits per heavy atom. The summed E-state index contributed by atoms with van der Waals surface area (Å²) in [5.41, 5.74) is 1.22. The number of fused-ring (bicyclic) bond motifs is 4. The molecule has 0 aromatic heterocycles. The number of epoxide rings is 1. The van der Waals surface area contributed by atoms with Crippen LogP contribution in [0.4, 0.5) is 0 Å². The SMILES string of the molecule is CC(C)[C@]12C[C@H]1[C@@H]1O[C@@]13[C@@]1(C)CCC4=C(/C(=C(\OC(=O)c5ccccc5)c5ccccc5)OC4=O)[C@@H]1CO[C@]3(C)[C@@H]2OCOP(=O)(OCc1ccccc1)OCc1ccccc1. The summed E-state index contributed by atoms with van der Waals surface area (Å²) in [5.74, 6) is -0.571. The molecule has 2 saturated carbocycles. The van der Waals surface area contributed by atoms with Crippen molar-refractivity contribution >= 4 is 25.5 Å². The first-order valence-corrected chi connectivity index (χ1v) is 23.0. The molecule has 2 saturated heterocycles. The molecule has 8 atom stereocenters. The largest absolute Gasteiger partial charge is 0.477 e. The number of ether oxygens (including phenoxy) is 5. The first-order chi connectivity index (χ1) is 29.9. The van der Waals surface area contributed by atoms with Gasteiger partial charge in [0, 0.05) is 33.5 Å². The summed E-state index contributed by atoms with van der Waals surface area (Å²) in [6.07, 6.45) is 1.31. The average Bonchev–Trinajstić information content (AvgIpc) is 4.21. The molecule has 6 aliphatic rings. The standard InChI is InChI=1S/C50H51O11P/c1-32(2)49-27-38(49)43-50(61-43)47(3)26-25-37-40(42(60-45(37)52)41(35-21-13-7-14-22-35)59-44(51)36-23-15-8-16-24-36)39(47)30-55-48(50,4)46(49)54-31-58-62(53,56-28-33-17-9-5-10-18-33)57-29-34-19-11-6-12-20-34/h5-24,32,38-39,43,46H,25-31H2,1-4H3/b42-41+/t38-,39-,43-,46-,47-,48+,49+,50+/m0/s1. The molecule has 0 unspecified atom stereocenters. The minimum atomic E-state index is -4.15. The van der Waals surface area contributed by atoms with Gasteiger partial charge in [0.2, 0.25) is 0 Å². The normalized spacial score (nSPS) is 32.4. The van der Waals surface area contributed by atoms with E-state index < -0.39 is 42.5 Å². The summed E-state index contributed by atoms with van der Waals surface area (Å²) >= 11 is 0. The van der Waals surface area contributed by atoms with Gasteiger partial charge >= 0.3 is 19.8 Å². The van der Waals surface area contributed by atoms with Gasteiger partial charge in [-0.05, 0) is 61.3 Å². The highest BCUT2D eigenvalue weighted by Crippen LogP contribution is 2.82. The molecule has 4 aromatic carbocycles. The maximum Gasteiger partial charge on any atom is 0.477 e. The van der Waals surface area contributed by atoms with Gasteiger partial charge in [0.25, 0.3) is 0 Å². The first kappa shape index (κ1) is 41.3. The van der Waals surface area contributed by atoms with Crippen LogP contribution in [-0.4, -0.2) is 48.7 Å². The van der Waals surface area contributed by atoms with E-state index in [2.05, 4.69) is 27.7 Å². The minimum Gasteiger partial charge on any atom is -0.419 e. The molecule has 4 fully saturated rings. The lowest BCUT2D eigenvalue weighted by Crippen LogP contribution is -2.73. The van der Waals surface area contributed by atoms with Gasteiger partial charge in [0.15, 0.2) is 18.3 Å². The Labute approximate surface area is 361 Å². The highest BCUT2D eigenvalue weighted by Gasteiger charge is 2.92. The van der Waals surface area contributed by atoms with E-state index >= 15 is 0 Å². The third kappa shape index (κ3) is 6.50. The molecule has 322 valence electrons. The molecule has 3 heterocycles. The average molecular weight is 859 g/mol. The summed E-state index contributed by atoms with van der Waals surface area (Å²) in [4.78, 5) is 27.5. The Kier molecular flexibility index (Phi) is 10.3. The van der Waals surface area contributed by atoms with Gasteiger partial charge in [-0.25, -0.2) is 14.2 Å². The Hall–Kier alpha value is -4.71. The lowest BCUT2D eigenvalue weighted by Gasteiger charge is -2.61. The van der Waals surface area contributed by atoms with Crippen molar-refractivity contribution in [2.24, 2.45) is 28.6 Å². The minimum absolute atomic E-state index is 0.0193. The molecule has 0 amide bonds. The molecule has 0 N–H and O–H groups in total. The summed E-state index contributed by atoms with van der Waals surface area (Å²) in [7, 11) is -4.15. The van der Waals surface area contributed by atoms with E-state index in [0.717, 1.165) is 17.5 Å². The van der Waals surface area contributed by atoms with Crippen molar-refractivity contribution in [2.45, 2.75) is 83.6 Å². The molecule has 1 spiro atoms. The van der Waals surface area contributed by atoms with E-state index in [-0.39, 0.29) is 67.4 Å². The number of allylic oxidation sites excluding steroid dienone is 1. The molecule has 11 nitrogen and oxygen atoms in total. The maximum atomic E-state index is 14.4. The molecular formula is C50H51O11P. The van der Waals surface area contributed by atoms with Crippen LogP contribution in [0.3, 0.4) is 0 Å². The third-order valence-corrected chi connectivity index (χ3v) is 16.0. The molecule has 10 rings (SSSR count). The number of phosphoric ester groups is 1. The molecule has 3 aliphatic heterocycles. The van der Waals surface area contributed by atoms with Crippen molar-refractivity contribution in [1.29, 1.82) is 0 Å². The molecule has 0 radical (unpaired) electrons. The summed E-state index contributed by atoms with van der Waals surface area (Å²) in [6.45, 7) is 8.62. The van der Waals surface area contributed by atoms with Gasteiger partial charge in [-0.2, -0.15) is 0 Å². The van der Waals surface area contributed by atoms with Crippen LogP contribution in [0.1, 0.15) is 74.0 Å². The van der Waals surface area contributed by atoms with E-state index in [9.17, 15) is 14.2 Å². The second kappa shape index (κ2) is 15.5. The van der Waals surface area contributed by atoms with Crippen LogP contribution >= 0.6 is 7.82 Å². The number of carbonyl (C=O) groups is 2. The van der Waals surface area contributed by atoms with E-state index in [4.69, 9.17) is 37.3 Å². The second-order valence-corrected chi connectivity index (χ2v) is 19.7. The van der Waals surface area contributed by atoms with E-state index in [1.54, 1.807) is 24.3 Å². The fraction of sp³-hybridized carbons (Fsp3) is 0.400. The van der Waals surface area contributed by atoms with Gasteiger partial charge in [-0.15, -0.1) is 0 Å². The summed E-state index contributed by atoms with van der Waals surface area (Å²) in [6, 6.07) is 36.9. The van der Waals surface area contributed by atoms with Crippen LogP contribution in [0.2, 0.25) is 0 Å². The number of hydrogen-bond donors (Lipinski definition) is 0. The molecule has 0 bridgehead atoms. The van der Waals surface area contributed by atoms with Crippen molar-refractivity contribution in [3.8, 4) is 0 Å². The molecule has 62 heavy (non-hydrogen) atoms. The zero-order valence-corrected chi connectivity index (χ0v) is 36.2. The van der Waals surface area contributed by atoms with Gasteiger partial charge in [-0.1, -0.05) is 130 Å². The first-order valence-electron chi connectivity index (χ1n) is 21.5. The Morgan fingerprint density at radius 1 is 0.806 bits per heavy atom. The third-order valence-electron chi connectivity index (χ3n) is 14.7. The lowest BCUT2D eigenvalue weighted by molar-refractivity contribution is -0.278. The van der Waals surface area contributed by atoms with Gasteiger partial charge in [0.05, 0.1) is 37.6 Å². The van der Waals surface area contributed by atoms with Crippen LogP contribution < -0.4 is 0 Å². The fourth-order valence-electron chi connectivity index (χ4n) is 11.5. The number of phosphoric acid groups is 1. The van der Waals surface area contributed by atoms with Crippen molar-refractivity contribution in [3.05, 3.63) is 160 Å². The highest BCUT2D eigenvalue weighted by atomic mass is 31.2. The van der Waals surface area contributed by atoms with E-state index in [0.29, 0.717) is 35.1 Å². The van der Waals surface area contributed by atoms with Gasteiger partial charge in [-0.3, -0.25) is 13.6 Å². The van der Waals surface area contributed by atoms with Crippen LogP contribution in [0.15, 0.2) is 138 Å². The zero-order chi connectivity index (χ0) is 42.9. The fourth-order valence-corrected chi connectivity index (χ4v) is 12.5. The van der Waals surface area contributed by atoms with Crippen LogP contribution in [0.25, 0.3) is 5.76 Å². The van der Waals surface area contributed by atoms with Crippen LogP contribution in [0, 0.1) is 28.6 Å². The maximum absolute atomic E-state index is 14.4. The van der Waals surface area contributed by atoms with E-state index in [1.807, 2.05) is 97.1 Å². The van der Waals surface area contributed by atoms with Crippen LogP contribution in [-0.2, 0) is 59.8 Å². The lowest BCUT2D eigenvalue weighted by atomic mass is 9.48. The number of cyclic esters (lactones) is 1. The van der Waals surface area contributed by atoms with Crippen molar-refractivity contribution in [3.63, 3.8) is 0 Å². The molecular weight excluding hydrogens is 808 g/mol. The number of carbonyl (C=O) groups excluding carboxylic acids is 2. The Bertz CT molecular complexity index is 2430. The number of benzene rings is 4. The summed E-state index contributed by atoms with van der Waals surface area (Å²) in [5, 5.41) is 0. The van der Waals surface area contributed by atoms with Crippen LogP contribution in [0.5, 0.6) is 0 Å². The highest BCUT2D eigenvalue weighted by molar-refractivity contribution is 7.48. The Balaban J connectivity index is 0.964. The van der Waals surface area contributed by atoms with E-state index in [1.165, 1.54) is 0 Å². The molecule has 3 aliphatic carbocycles. The zero-order valence-electron chi connectivity index (χ0n) is 35.3. The van der Waals surface area contributed by atoms with Gasteiger partial charge in [0.1, 0.15) is 11.2 Å². The van der Waals surface area contributed by atoms with Crippen molar-refractivity contribution in [1.82, 2.24) is 0 Å². The summed E-state index contributed by atoms with van der Waals surface area (Å²) < 4.78 is 65.8. The van der Waals surface area contributed by atoms with Crippen molar-refractivity contribution < 1.29 is 51.4 Å². The smallest absolute Gasteiger partial charge is 0.419 e. The second-order valence-electron chi connectivity index (χ2n) is 18.1. The monoisotopic (exact) mass is 858 g/mol. The number of hydrogen-bond acceptors (Lipinski definition) is 11.